The first-order valence-corrected chi connectivity index (χ1v) is 7.69. The van der Waals surface area contributed by atoms with Crippen molar-refractivity contribution in [2.75, 3.05) is 24.5 Å². The Balaban J connectivity index is 2.06. The average molecular weight is 294 g/mol. The fourth-order valence-corrected chi connectivity index (χ4v) is 2.55. The third-order valence-electron chi connectivity index (χ3n) is 3.44. The molecule has 0 atom stereocenters. The lowest BCUT2D eigenvalue weighted by Gasteiger charge is -2.27. The molecule has 2 heterocycles. The van der Waals surface area contributed by atoms with Crippen LogP contribution in [-0.2, 0) is 6.54 Å². The largest absolute Gasteiger partial charge is 0.352 e. The second-order valence-corrected chi connectivity index (χ2v) is 6.33. The molecular weight excluding hydrogens is 270 g/mol. The monoisotopic (exact) mass is 293 g/mol. The van der Waals surface area contributed by atoms with Crippen molar-refractivity contribution in [1.82, 2.24) is 10.3 Å². The van der Waals surface area contributed by atoms with E-state index in [-0.39, 0.29) is 0 Å². The summed E-state index contributed by atoms with van der Waals surface area (Å²) in [6.07, 6.45) is 5.17. The highest BCUT2D eigenvalue weighted by Gasteiger charge is 2.13. The Bertz CT molecular complexity index is 483. The average Bonchev–Trinajstić information content (AvgIpc) is 2.40. The second kappa shape index (κ2) is 7.09. The van der Waals surface area contributed by atoms with Crippen LogP contribution >= 0.6 is 11.6 Å². The molecule has 0 aliphatic carbocycles. The number of hydrogen-bond acceptors (Lipinski definition) is 3. The number of halogens is 1. The number of aromatic nitrogens is 1. The highest BCUT2D eigenvalue weighted by atomic mass is 35.5. The van der Waals surface area contributed by atoms with Crippen LogP contribution in [0.1, 0.15) is 32.8 Å². The zero-order valence-corrected chi connectivity index (χ0v) is 13.4. The van der Waals surface area contributed by atoms with Gasteiger partial charge in [0.25, 0.3) is 0 Å². The van der Waals surface area contributed by atoms with E-state index in [0.29, 0.717) is 5.92 Å². The number of nitrogens with zero attached hydrogens (tertiary/aromatic N) is 2. The summed E-state index contributed by atoms with van der Waals surface area (Å²) in [7, 11) is 0. The van der Waals surface area contributed by atoms with Crippen molar-refractivity contribution in [3.63, 3.8) is 0 Å². The Morgan fingerprint density at radius 3 is 2.95 bits per heavy atom. The lowest BCUT2D eigenvalue weighted by molar-refractivity contribution is 0.552. The summed E-state index contributed by atoms with van der Waals surface area (Å²) in [4.78, 5) is 6.80. The zero-order chi connectivity index (χ0) is 14.5. The van der Waals surface area contributed by atoms with Crippen LogP contribution in [0, 0.1) is 5.92 Å². The van der Waals surface area contributed by atoms with Gasteiger partial charge in [-0.1, -0.05) is 37.1 Å². The summed E-state index contributed by atoms with van der Waals surface area (Å²) in [5, 5.41) is 4.18. The molecule has 1 aliphatic heterocycles. The van der Waals surface area contributed by atoms with E-state index < -0.39 is 0 Å². The molecule has 0 fully saturated rings. The van der Waals surface area contributed by atoms with Crippen LogP contribution in [0.25, 0.3) is 0 Å². The molecule has 0 saturated carbocycles. The summed E-state index contributed by atoms with van der Waals surface area (Å²) in [6.45, 7) is 10.4. The quantitative estimate of drug-likeness (QED) is 0.840. The summed E-state index contributed by atoms with van der Waals surface area (Å²) in [5.41, 5.74) is 2.54. The minimum Gasteiger partial charge on any atom is -0.352 e. The number of nitrogens with one attached hydrogen (secondary N) is 1. The van der Waals surface area contributed by atoms with E-state index in [0.717, 1.165) is 49.0 Å². The summed E-state index contributed by atoms with van der Waals surface area (Å²) >= 11 is 6.25. The van der Waals surface area contributed by atoms with Gasteiger partial charge in [-0.25, -0.2) is 4.98 Å². The van der Waals surface area contributed by atoms with Crippen molar-refractivity contribution in [1.29, 1.82) is 0 Å². The third kappa shape index (κ3) is 4.22. The van der Waals surface area contributed by atoms with E-state index in [9.17, 15) is 0 Å². The molecular formula is C16H24ClN3. The maximum atomic E-state index is 6.25. The Labute approximate surface area is 127 Å². The molecule has 3 nitrogen and oxygen atoms in total. The van der Waals surface area contributed by atoms with Crippen molar-refractivity contribution in [2.45, 2.75) is 33.7 Å². The number of rotatable bonds is 5. The summed E-state index contributed by atoms with van der Waals surface area (Å²) < 4.78 is 0. The summed E-state index contributed by atoms with van der Waals surface area (Å²) in [5.74, 6) is 1.67. The van der Waals surface area contributed by atoms with Gasteiger partial charge in [-0.2, -0.15) is 0 Å². The SMILES string of the molecule is CC1=CCCN(c2cc(CNCC(C)C)c(Cl)cn2)C1. The first-order valence-electron chi connectivity index (χ1n) is 7.32. The molecule has 0 bridgehead atoms. The van der Waals surface area contributed by atoms with Crippen molar-refractivity contribution >= 4 is 17.4 Å². The number of anilines is 1. The normalized spacial score (nSPS) is 15.7. The van der Waals surface area contributed by atoms with E-state index in [1.165, 1.54) is 5.57 Å². The maximum absolute atomic E-state index is 6.25. The van der Waals surface area contributed by atoms with Gasteiger partial charge in [0.1, 0.15) is 5.82 Å². The molecule has 1 aliphatic rings. The smallest absolute Gasteiger partial charge is 0.129 e. The molecule has 2 rings (SSSR count). The number of hydrogen-bond donors (Lipinski definition) is 1. The van der Waals surface area contributed by atoms with E-state index >= 15 is 0 Å². The molecule has 0 amide bonds. The predicted octanol–water partition coefficient (Wildman–Crippen LogP) is 3.64. The van der Waals surface area contributed by atoms with E-state index in [1.807, 2.05) is 0 Å². The number of pyridine rings is 1. The lowest BCUT2D eigenvalue weighted by Crippen LogP contribution is -2.30. The van der Waals surface area contributed by atoms with Crippen molar-refractivity contribution in [3.05, 3.63) is 34.5 Å². The third-order valence-corrected chi connectivity index (χ3v) is 3.78. The lowest BCUT2D eigenvalue weighted by atomic mass is 10.1. The van der Waals surface area contributed by atoms with Gasteiger partial charge in [-0.15, -0.1) is 0 Å². The molecule has 1 aromatic heterocycles. The van der Waals surface area contributed by atoms with Crippen LogP contribution in [0.5, 0.6) is 0 Å². The van der Waals surface area contributed by atoms with Gasteiger partial charge in [-0.3, -0.25) is 0 Å². The Hall–Kier alpha value is -1.06. The highest BCUT2D eigenvalue weighted by Crippen LogP contribution is 2.23. The predicted molar refractivity (Wildman–Crippen MR) is 86.4 cm³/mol. The second-order valence-electron chi connectivity index (χ2n) is 5.92. The minimum absolute atomic E-state index is 0.643. The molecule has 1 N–H and O–H groups in total. The molecule has 0 saturated heterocycles. The van der Waals surface area contributed by atoms with Gasteiger partial charge >= 0.3 is 0 Å². The van der Waals surface area contributed by atoms with Crippen LogP contribution in [-0.4, -0.2) is 24.6 Å². The first kappa shape index (κ1) is 15.3. The molecule has 4 heteroatoms. The maximum Gasteiger partial charge on any atom is 0.129 e. The van der Waals surface area contributed by atoms with E-state index in [4.69, 9.17) is 11.6 Å². The molecule has 0 radical (unpaired) electrons. The van der Waals surface area contributed by atoms with E-state index in [1.54, 1.807) is 6.20 Å². The van der Waals surface area contributed by atoms with Crippen LogP contribution in [0.4, 0.5) is 5.82 Å². The minimum atomic E-state index is 0.643. The zero-order valence-electron chi connectivity index (χ0n) is 12.6. The fraction of sp³-hybridized carbons (Fsp3) is 0.562. The molecule has 0 spiro atoms. The van der Waals surface area contributed by atoms with Crippen molar-refractivity contribution in [2.24, 2.45) is 5.92 Å². The fourth-order valence-electron chi connectivity index (χ4n) is 2.38. The molecule has 0 unspecified atom stereocenters. The van der Waals surface area contributed by atoms with Gasteiger partial charge in [0.15, 0.2) is 0 Å². The van der Waals surface area contributed by atoms with Crippen LogP contribution < -0.4 is 10.2 Å². The van der Waals surface area contributed by atoms with Gasteiger partial charge in [0, 0.05) is 25.8 Å². The summed E-state index contributed by atoms with van der Waals surface area (Å²) in [6, 6.07) is 2.12. The topological polar surface area (TPSA) is 28.2 Å². The molecule has 20 heavy (non-hydrogen) atoms. The van der Waals surface area contributed by atoms with Crippen LogP contribution in [0.2, 0.25) is 5.02 Å². The Morgan fingerprint density at radius 2 is 2.25 bits per heavy atom. The van der Waals surface area contributed by atoms with Gasteiger partial charge in [0.2, 0.25) is 0 Å². The van der Waals surface area contributed by atoms with Crippen molar-refractivity contribution < 1.29 is 0 Å². The van der Waals surface area contributed by atoms with Gasteiger partial charge in [-0.05, 0) is 37.4 Å². The Kier molecular flexibility index (Phi) is 5.44. The first-order chi connectivity index (χ1) is 9.56. The van der Waals surface area contributed by atoms with E-state index in [2.05, 4.69) is 48.1 Å². The Morgan fingerprint density at radius 1 is 1.45 bits per heavy atom. The molecule has 1 aromatic rings. The highest BCUT2D eigenvalue weighted by molar-refractivity contribution is 6.31. The van der Waals surface area contributed by atoms with Crippen LogP contribution in [0.15, 0.2) is 23.9 Å². The standard InChI is InChI=1S/C16H24ClN3/c1-12(2)8-18-9-14-7-16(19-10-15(14)17)20-6-4-5-13(3)11-20/h5,7,10,12,18H,4,6,8-9,11H2,1-3H3. The molecule has 0 aromatic carbocycles. The van der Waals surface area contributed by atoms with Gasteiger partial charge in [0.05, 0.1) is 5.02 Å². The van der Waals surface area contributed by atoms with Crippen molar-refractivity contribution in [3.8, 4) is 0 Å². The van der Waals surface area contributed by atoms with Crippen LogP contribution in [0.3, 0.4) is 0 Å². The van der Waals surface area contributed by atoms with Gasteiger partial charge < -0.3 is 10.2 Å². The molecule has 110 valence electrons.